The Hall–Kier alpha value is -1.87. The average molecular weight is 284 g/mol. The highest BCUT2D eigenvalue weighted by Gasteiger charge is 2.24. The van der Waals surface area contributed by atoms with Crippen LogP contribution in [0.3, 0.4) is 0 Å². The second kappa shape index (κ2) is 5.49. The summed E-state index contributed by atoms with van der Waals surface area (Å²) in [7, 11) is 0. The SMILES string of the molecule is CC1Cc2ccccc2N(c2ccc(C(C)N)cc2F)C1. The van der Waals surface area contributed by atoms with Crippen molar-refractivity contribution in [2.24, 2.45) is 11.7 Å². The number of hydrogen-bond donors (Lipinski definition) is 1. The molecule has 2 nitrogen and oxygen atoms in total. The van der Waals surface area contributed by atoms with Crippen molar-refractivity contribution in [1.82, 2.24) is 0 Å². The molecule has 0 aliphatic carbocycles. The minimum Gasteiger partial charge on any atom is -0.339 e. The number of halogens is 1. The summed E-state index contributed by atoms with van der Waals surface area (Å²) in [5.74, 6) is 0.307. The van der Waals surface area contributed by atoms with Gasteiger partial charge in [0, 0.05) is 18.3 Å². The predicted octanol–water partition coefficient (Wildman–Crippen LogP) is 4.18. The third-order valence-electron chi connectivity index (χ3n) is 4.13. The van der Waals surface area contributed by atoms with Crippen LogP contribution in [0.2, 0.25) is 0 Å². The Morgan fingerprint density at radius 2 is 1.95 bits per heavy atom. The van der Waals surface area contributed by atoms with Crippen LogP contribution < -0.4 is 10.6 Å². The molecular weight excluding hydrogens is 263 g/mol. The van der Waals surface area contributed by atoms with Gasteiger partial charge in [0.25, 0.3) is 0 Å². The topological polar surface area (TPSA) is 29.3 Å². The van der Waals surface area contributed by atoms with Gasteiger partial charge in [0.05, 0.1) is 5.69 Å². The summed E-state index contributed by atoms with van der Waals surface area (Å²) < 4.78 is 14.5. The number of nitrogens with two attached hydrogens (primary N) is 1. The fourth-order valence-corrected chi connectivity index (χ4v) is 3.05. The maximum atomic E-state index is 14.5. The van der Waals surface area contributed by atoms with Crippen molar-refractivity contribution in [2.45, 2.75) is 26.3 Å². The molecule has 2 N–H and O–H groups in total. The maximum absolute atomic E-state index is 14.5. The molecule has 21 heavy (non-hydrogen) atoms. The second-order valence-electron chi connectivity index (χ2n) is 6.05. The molecule has 0 spiro atoms. The molecule has 2 aromatic carbocycles. The number of benzene rings is 2. The number of anilines is 2. The molecule has 3 heteroatoms. The molecule has 0 saturated heterocycles. The summed E-state index contributed by atoms with van der Waals surface area (Å²) in [6.07, 6.45) is 1.05. The molecule has 3 rings (SSSR count). The Bertz CT molecular complexity index is 651. The van der Waals surface area contributed by atoms with Gasteiger partial charge in [0.1, 0.15) is 5.82 Å². The predicted molar refractivity (Wildman–Crippen MR) is 85.3 cm³/mol. The molecule has 1 aliphatic heterocycles. The smallest absolute Gasteiger partial charge is 0.147 e. The molecular formula is C18H21FN2. The lowest BCUT2D eigenvalue weighted by Gasteiger charge is -2.35. The van der Waals surface area contributed by atoms with Crippen molar-refractivity contribution < 1.29 is 4.39 Å². The lowest BCUT2D eigenvalue weighted by molar-refractivity contribution is 0.551. The summed E-state index contributed by atoms with van der Waals surface area (Å²) >= 11 is 0. The minimum atomic E-state index is -0.200. The van der Waals surface area contributed by atoms with Gasteiger partial charge in [-0.1, -0.05) is 31.2 Å². The molecule has 1 heterocycles. The monoisotopic (exact) mass is 284 g/mol. The lowest BCUT2D eigenvalue weighted by atomic mass is 9.93. The van der Waals surface area contributed by atoms with Crippen LogP contribution in [0.25, 0.3) is 0 Å². The van der Waals surface area contributed by atoms with E-state index >= 15 is 0 Å². The standard InChI is InChI=1S/C18H21FN2/c1-12-9-15-5-3-4-6-17(15)21(11-12)18-8-7-14(13(2)20)10-16(18)19/h3-8,10,12-13H,9,11,20H2,1-2H3. The van der Waals surface area contributed by atoms with E-state index in [1.54, 1.807) is 6.07 Å². The Morgan fingerprint density at radius 1 is 1.19 bits per heavy atom. The van der Waals surface area contributed by atoms with Crippen LogP contribution in [-0.2, 0) is 6.42 Å². The van der Waals surface area contributed by atoms with Crippen molar-refractivity contribution in [2.75, 3.05) is 11.4 Å². The Kier molecular flexibility index (Phi) is 3.68. The van der Waals surface area contributed by atoms with Crippen LogP contribution in [0.1, 0.15) is 31.0 Å². The third kappa shape index (κ3) is 2.66. The van der Waals surface area contributed by atoms with Crippen LogP contribution in [-0.4, -0.2) is 6.54 Å². The molecule has 2 aromatic rings. The van der Waals surface area contributed by atoms with Gasteiger partial charge in [-0.25, -0.2) is 4.39 Å². The molecule has 0 fully saturated rings. The molecule has 2 unspecified atom stereocenters. The Morgan fingerprint density at radius 3 is 2.67 bits per heavy atom. The molecule has 0 saturated carbocycles. The van der Waals surface area contributed by atoms with E-state index in [2.05, 4.69) is 24.0 Å². The Labute approximate surface area is 125 Å². The van der Waals surface area contributed by atoms with Crippen molar-refractivity contribution in [3.63, 3.8) is 0 Å². The van der Waals surface area contributed by atoms with Crippen molar-refractivity contribution >= 4 is 11.4 Å². The van der Waals surface area contributed by atoms with Crippen LogP contribution >= 0.6 is 0 Å². The zero-order valence-electron chi connectivity index (χ0n) is 12.5. The van der Waals surface area contributed by atoms with Gasteiger partial charge in [-0.15, -0.1) is 0 Å². The van der Waals surface area contributed by atoms with E-state index < -0.39 is 0 Å². The molecule has 0 aromatic heterocycles. The molecule has 0 amide bonds. The van der Waals surface area contributed by atoms with Crippen LogP contribution in [0.5, 0.6) is 0 Å². The number of hydrogen-bond acceptors (Lipinski definition) is 2. The van der Waals surface area contributed by atoms with Gasteiger partial charge in [0.2, 0.25) is 0 Å². The minimum absolute atomic E-state index is 0.152. The van der Waals surface area contributed by atoms with Crippen LogP contribution in [0.4, 0.5) is 15.8 Å². The van der Waals surface area contributed by atoms with Crippen molar-refractivity contribution in [3.05, 3.63) is 59.4 Å². The first-order valence-corrected chi connectivity index (χ1v) is 7.46. The van der Waals surface area contributed by atoms with Crippen molar-refractivity contribution in [1.29, 1.82) is 0 Å². The molecule has 0 bridgehead atoms. The molecule has 110 valence electrons. The molecule has 2 atom stereocenters. The third-order valence-corrected chi connectivity index (χ3v) is 4.13. The zero-order valence-corrected chi connectivity index (χ0v) is 12.5. The normalized spacial score (nSPS) is 19.2. The second-order valence-corrected chi connectivity index (χ2v) is 6.05. The van der Waals surface area contributed by atoms with E-state index in [0.717, 1.165) is 24.2 Å². The van der Waals surface area contributed by atoms with Gasteiger partial charge >= 0.3 is 0 Å². The summed E-state index contributed by atoms with van der Waals surface area (Å²) in [4.78, 5) is 2.09. The molecule has 1 aliphatic rings. The zero-order chi connectivity index (χ0) is 15.0. The Balaban J connectivity index is 2.04. The summed E-state index contributed by atoms with van der Waals surface area (Å²) in [5.41, 5.74) is 9.69. The quantitative estimate of drug-likeness (QED) is 0.896. The van der Waals surface area contributed by atoms with Gasteiger partial charge in [-0.3, -0.25) is 0 Å². The van der Waals surface area contributed by atoms with E-state index in [1.807, 2.05) is 31.2 Å². The number of fused-ring (bicyclic) bond motifs is 1. The first-order valence-electron chi connectivity index (χ1n) is 7.46. The molecule has 0 radical (unpaired) electrons. The summed E-state index contributed by atoms with van der Waals surface area (Å²) in [6.45, 7) is 4.91. The number of nitrogens with zero attached hydrogens (tertiary/aromatic N) is 1. The highest BCUT2D eigenvalue weighted by Crippen LogP contribution is 2.36. The van der Waals surface area contributed by atoms with Crippen LogP contribution in [0.15, 0.2) is 42.5 Å². The highest BCUT2D eigenvalue weighted by molar-refractivity contribution is 5.68. The lowest BCUT2D eigenvalue weighted by Crippen LogP contribution is -2.31. The van der Waals surface area contributed by atoms with Gasteiger partial charge in [-0.05, 0) is 48.6 Å². The van der Waals surface area contributed by atoms with E-state index in [-0.39, 0.29) is 11.9 Å². The fourth-order valence-electron chi connectivity index (χ4n) is 3.05. The van der Waals surface area contributed by atoms with E-state index in [9.17, 15) is 4.39 Å². The van der Waals surface area contributed by atoms with Gasteiger partial charge < -0.3 is 10.6 Å². The number of rotatable bonds is 2. The van der Waals surface area contributed by atoms with Crippen molar-refractivity contribution in [3.8, 4) is 0 Å². The fraction of sp³-hybridized carbons (Fsp3) is 0.333. The number of para-hydroxylation sites is 1. The average Bonchev–Trinajstić information content (AvgIpc) is 2.46. The summed E-state index contributed by atoms with van der Waals surface area (Å²) in [5, 5.41) is 0. The maximum Gasteiger partial charge on any atom is 0.147 e. The first kappa shape index (κ1) is 14.1. The van der Waals surface area contributed by atoms with E-state index in [1.165, 1.54) is 5.56 Å². The highest BCUT2D eigenvalue weighted by atomic mass is 19.1. The largest absolute Gasteiger partial charge is 0.339 e. The van der Waals surface area contributed by atoms with Gasteiger partial charge in [0.15, 0.2) is 0 Å². The van der Waals surface area contributed by atoms with Crippen LogP contribution in [0, 0.1) is 11.7 Å². The summed E-state index contributed by atoms with van der Waals surface area (Å²) in [6, 6.07) is 13.4. The van der Waals surface area contributed by atoms with E-state index in [4.69, 9.17) is 5.73 Å². The van der Waals surface area contributed by atoms with E-state index in [0.29, 0.717) is 11.6 Å². The van der Waals surface area contributed by atoms with Gasteiger partial charge in [-0.2, -0.15) is 0 Å². The first-order chi connectivity index (χ1) is 10.1.